The van der Waals surface area contributed by atoms with Crippen molar-refractivity contribution in [1.82, 2.24) is 10.0 Å². The van der Waals surface area contributed by atoms with Crippen molar-refractivity contribution in [2.75, 3.05) is 13.1 Å². The van der Waals surface area contributed by atoms with Crippen molar-refractivity contribution in [3.8, 4) is 0 Å². The fourth-order valence-corrected chi connectivity index (χ4v) is 3.04. The van der Waals surface area contributed by atoms with Crippen molar-refractivity contribution in [2.45, 2.75) is 24.8 Å². The van der Waals surface area contributed by atoms with Crippen LogP contribution in [0.2, 0.25) is 5.02 Å². The Labute approximate surface area is 122 Å². The molecule has 0 saturated carbocycles. The lowest BCUT2D eigenvalue weighted by molar-refractivity contribution is -0.387. The topological polar surface area (TPSA) is 101 Å². The van der Waals surface area contributed by atoms with Gasteiger partial charge in [-0.3, -0.25) is 10.1 Å². The first kappa shape index (κ1) is 16.8. The molecule has 1 aromatic rings. The van der Waals surface area contributed by atoms with Gasteiger partial charge in [0.1, 0.15) is 0 Å². The summed E-state index contributed by atoms with van der Waals surface area (Å²) in [5.41, 5.74) is -0.541. The van der Waals surface area contributed by atoms with Gasteiger partial charge in [0.05, 0.1) is 4.92 Å². The van der Waals surface area contributed by atoms with E-state index in [0.29, 0.717) is 6.54 Å². The fourth-order valence-electron chi connectivity index (χ4n) is 1.59. The molecule has 0 spiro atoms. The largest absolute Gasteiger partial charge is 0.313 e. The Bertz CT molecular complexity index is 591. The maximum atomic E-state index is 12.1. The van der Waals surface area contributed by atoms with E-state index in [1.807, 2.05) is 13.8 Å². The van der Waals surface area contributed by atoms with Crippen molar-refractivity contribution in [1.29, 1.82) is 0 Å². The monoisotopic (exact) mass is 321 g/mol. The first-order valence-electron chi connectivity index (χ1n) is 5.95. The zero-order valence-corrected chi connectivity index (χ0v) is 12.7. The first-order valence-corrected chi connectivity index (χ1v) is 7.81. The standard InChI is InChI=1S/C11H16ClN3O4S/c1-3-13-8(2)7-14-20(18,19)11-5-4-9(12)6-10(11)15(16)17/h4-6,8,13-14H,3,7H2,1-2H3/t8-/m1/s1. The molecule has 1 atom stereocenters. The molecule has 20 heavy (non-hydrogen) atoms. The lowest BCUT2D eigenvalue weighted by atomic mass is 10.3. The minimum absolute atomic E-state index is 0.0823. The Balaban J connectivity index is 3.01. The van der Waals surface area contributed by atoms with Crippen LogP contribution in [0.1, 0.15) is 13.8 Å². The number of benzene rings is 1. The number of nitro benzene ring substituents is 1. The Hall–Kier alpha value is -1.22. The third-order valence-electron chi connectivity index (χ3n) is 2.54. The van der Waals surface area contributed by atoms with Gasteiger partial charge in [-0.05, 0) is 25.6 Å². The minimum atomic E-state index is -3.96. The molecule has 0 bridgehead atoms. The number of sulfonamides is 1. The van der Waals surface area contributed by atoms with Crippen LogP contribution in [0.3, 0.4) is 0 Å². The second-order valence-electron chi connectivity index (χ2n) is 4.18. The van der Waals surface area contributed by atoms with Gasteiger partial charge in [0.2, 0.25) is 10.0 Å². The predicted octanol–water partition coefficient (Wildman–Crippen LogP) is 1.52. The molecule has 0 aliphatic rings. The molecule has 7 nitrogen and oxygen atoms in total. The van der Waals surface area contributed by atoms with Crippen LogP contribution in [0.15, 0.2) is 23.1 Å². The van der Waals surface area contributed by atoms with Gasteiger partial charge >= 0.3 is 0 Å². The molecule has 1 aromatic carbocycles. The van der Waals surface area contributed by atoms with Crippen LogP contribution in [0.4, 0.5) is 5.69 Å². The smallest absolute Gasteiger partial charge is 0.290 e. The SMILES string of the molecule is CCN[C@H](C)CNS(=O)(=O)c1ccc(Cl)cc1[N+](=O)[O-]. The van der Waals surface area contributed by atoms with Crippen LogP contribution in [0.5, 0.6) is 0 Å². The van der Waals surface area contributed by atoms with Crippen LogP contribution >= 0.6 is 11.6 Å². The van der Waals surface area contributed by atoms with E-state index >= 15 is 0 Å². The number of likely N-dealkylation sites (N-methyl/N-ethyl adjacent to an activating group) is 1. The third-order valence-corrected chi connectivity index (χ3v) is 4.25. The summed E-state index contributed by atoms with van der Waals surface area (Å²) in [6.07, 6.45) is 0. The molecular formula is C11H16ClN3O4S. The van der Waals surface area contributed by atoms with Crippen LogP contribution in [-0.2, 0) is 10.0 Å². The predicted molar refractivity (Wildman–Crippen MR) is 76.4 cm³/mol. The summed E-state index contributed by atoms with van der Waals surface area (Å²) in [4.78, 5) is 9.74. The molecule has 0 heterocycles. The zero-order chi connectivity index (χ0) is 15.3. The van der Waals surface area contributed by atoms with E-state index in [4.69, 9.17) is 11.6 Å². The first-order chi connectivity index (χ1) is 9.27. The third kappa shape index (κ3) is 4.41. The Kier molecular flexibility index (Phi) is 5.88. The highest BCUT2D eigenvalue weighted by molar-refractivity contribution is 7.89. The van der Waals surface area contributed by atoms with Crippen LogP contribution < -0.4 is 10.0 Å². The summed E-state index contributed by atoms with van der Waals surface area (Å²) in [6.45, 7) is 4.54. The van der Waals surface area contributed by atoms with Crippen LogP contribution in [0, 0.1) is 10.1 Å². The quantitative estimate of drug-likeness (QED) is 0.585. The lowest BCUT2D eigenvalue weighted by Gasteiger charge is -2.13. The van der Waals surface area contributed by atoms with E-state index in [0.717, 1.165) is 12.1 Å². The number of hydrogen-bond acceptors (Lipinski definition) is 5. The number of nitro groups is 1. The number of rotatable bonds is 7. The van der Waals surface area contributed by atoms with Gasteiger partial charge < -0.3 is 5.32 Å². The number of nitrogens with zero attached hydrogens (tertiary/aromatic N) is 1. The van der Waals surface area contributed by atoms with Gasteiger partial charge in [-0.15, -0.1) is 0 Å². The molecule has 0 radical (unpaired) electrons. The molecule has 0 aliphatic heterocycles. The van der Waals surface area contributed by atoms with E-state index in [1.54, 1.807) is 0 Å². The van der Waals surface area contributed by atoms with Crippen molar-refractivity contribution in [3.63, 3.8) is 0 Å². The van der Waals surface area contributed by atoms with Crippen LogP contribution in [0.25, 0.3) is 0 Å². The zero-order valence-electron chi connectivity index (χ0n) is 11.1. The Morgan fingerprint density at radius 3 is 2.65 bits per heavy atom. The van der Waals surface area contributed by atoms with Crippen LogP contribution in [-0.4, -0.2) is 32.5 Å². The molecule has 0 saturated heterocycles. The van der Waals surface area contributed by atoms with Crippen molar-refractivity contribution in [2.24, 2.45) is 0 Å². The molecule has 0 fully saturated rings. The molecule has 9 heteroatoms. The maximum Gasteiger partial charge on any atom is 0.290 e. The highest BCUT2D eigenvalue weighted by atomic mass is 35.5. The molecule has 2 N–H and O–H groups in total. The molecule has 0 aromatic heterocycles. The molecule has 0 aliphatic carbocycles. The summed E-state index contributed by atoms with van der Waals surface area (Å²) in [7, 11) is -3.96. The summed E-state index contributed by atoms with van der Waals surface area (Å²) in [6, 6.07) is 3.36. The van der Waals surface area contributed by atoms with Gasteiger partial charge in [0, 0.05) is 23.7 Å². The average Bonchev–Trinajstić information content (AvgIpc) is 2.36. The minimum Gasteiger partial charge on any atom is -0.313 e. The second-order valence-corrected chi connectivity index (χ2v) is 6.35. The summed E-state index contributed by atoms with van der Waals surface area (Å²) >= 11 is 5.65. The molecule has 112 valence electrons. The summed E-state index contributed by atoms with van der Waals surface area (Å²) < 4.78 is 26.5. The van der Waals surface area contributed by atoms with E-state index in [-0.39, 0.29) is 17.6 Å². The van der Waals surface area contributed by atoms with Gasteiger partial charge in [0.25, 0.3) is 5.69 Å². The van der Waals surface area contributed by atoms with Gasteiger partial charge in [0.15, 0.2) is 4.90 Å². The fraction of sp³-hybridized carbons (Fsp3) is 0.455. The highest BCUT2D eigenvalue weighted by Gasteiger charge is 2.26. The van der Waals surface area contributed by atoms with Crippen molar-refractivity contribution < 1.29 is 13.3 Å². The van der Waals surface area contributed by atoms with E-state index in [1.165, 1.54) is 6.07 Å². The maximum absolute atomic E-state index is 12.1. The number of nitrogens with one attached hydrogen (secondary N) is 2. The van der Waals surface area contributed by atoms with E-state index in [2.05, 4.69) is 10.0 Å². The van der Waals surface area contributed by atoms with Gasteiger partial charge in [-0.2, -0.15) is 0 Å². The lowest BCUT2D eigenvalue weighted by Crippen LogP contribution is -2.38. The number of hydrogen-bond donors (Lipinski definition) is 2. The van der Waals surface area contributed by atoms with Crippen molar-refractivity contribution in [3.05, 3.63) is 33.3 Å². The van der Waals surface area contributed by atoms with Gasteiger partial charge in [-0.1, -0.05) is 18.5 Å². The number of halogens is 1. The van der Waals surface area contributed by atoms with Crippen molar-refractivity contribution >= 4 is 27.3 Å². The van der Waals surface area contributed by atoms with Gasteiger partial charge in [-0.25, -0.2) is 13.1 Å². The molecule has 0 unspecified atom stereocenters. The normalized spacial score (nSPS) is 13.2. The second kappa shape index (κ2) is 6.98. The molecular weight excluding hydrogens is 306 g/mol. The summed E-state index contributed by atoms with van der Waals surface area (Å²) in [5.74, 6) is 0. The highest BCUT2D eigenvalue weighted by Crippen LogP contribution is 2.26. The molecule has 0 amide bonds. The summed E-state index contributed by atoms with van der Waals surface area (Å²) in [5, 5.41) is 14.0. The Morgan fingerprint density at radius 2 is 2.10 bits per heavy atom. The average molecular weight is 322 g/mol. The van der Waals surface area contributed by atoms with E-state index in [9.17, 15) is 18.5 Å². The Morgan fingerprint density at radius 1 is 1.45 bits per heavy atom. The van der Waals surface area contributed by atoms with E-state index < -0.39 is 25.5 Å². The molecule has 1 rings (SSSR count).